The number of rotatable bonds is 9. The number of esters is 1. The fourth-order valence-electron chi connectivity index (χ4n) is 8.92. The van der Waals surface area contributed by atoms with Crippen LogP contribution in [0.15, 0.2) is 9.59 Å². The van der Waals surface area contributed by atoms with Gasteiger partial charge in [-0.15, -0.1) is 0 Å². The number of anilines is 2. The normalized spacial score (nSPS) is 45.1. The molecule has 0 amide bonds. The van der Waals surface area contributed by atoms with Gasteiger partial charge in [0.2, 0.25) is 0 Å². The predicted molar refractivity (Wildman–Crippen MR) is 208 cm³/mol. The zero-order valence-electron chi connectivity index (χ0n) is 36.0. The lowest BCUT2D eigenvalue weighted by molar-refractivity contribution is -0.454. The first-order valence-corrected chi connectivity index (χ1v) is 20.0. The zero-order chi connectivity index (χ0) is 44.0. The Hall–Kier alpha value is -2.62. The van der Waals surface area contributed by atoms with E-state index in [9.17, 15) is 39.6 Å². The third kappa shape index (κ3) is 9.03. The van der Waals surface area contributed by atoms with Crippen molar-refractivity contribution in [2.24, 2.45) is 23.7 Å². The van der Waals surface area contributed by atoms with Gasteiger partial charge in [0.05, 0.1) is 48.1 Å². The first kappa shape index (κ1) is 48.1. The van der Waals surface area contributed by atoms with Crippen molar-refractivity contribution >= 4 is 23.1 Å². The van der Waals surface area contributed by atoms with Gasteiger partial charge in [-0.2, -0.15) is 0 Å². The average Bonchev–Trinajstić information content (AvgIpc) is 3.18. The van der Waals surface area contributed by atoms with Gasteiger partial charge >= 0.3 is 5.97 Å². The molecule has 3 heterocycles. The molecule has 0 saturated carbocycles. The van der Waals surface area contributed by atoms with E-state index in [1.54, 1.807) is 41.5 Å². The molecular weight excluding hydrogens is 764 g/mol. The van der Waals surface area contributed by atoms with Gasteiger partial charge in [0.25, 0.3) is 17.3 Å². The lowest BCUT2D eigenvalue weighted by Gasteiger charge is -2.50. The van der Waals surface area contributed by atoms with Crippen molar-refractivity contribution in [2.75, 3.05) is 31.9 Å². The Morgan fingerprint density at radius 2 is 1.50 bits per heavy atom. The van der Waals surface area contributed by atoms with Gasteiger partial charge in [-0.25, -0.2) is 0 Å². The second kappa shape index (κ2) is 18.2. The predicted octanol–water partition coefficient (Wildman–Crippen LogP) is 0.734. The number of likely N-dealkylation sites (N-methyl/N-ethyl adjacent to an activating group) is 1. The highest BCUT2D eigenvalue weighted by atomic mass is 16.9. The van der Waals surface area contributed by atoms with E-state index in [0.717, 1.165) is 0 Å². The van der Waals surface area contributed by atoms with Crippen molar-refractivity contribution in [1.29, 1.82) is 0 Å². The molecule has 0 spiro atoms. The SMILES string of the molecule is CC[C@H]1OC(=O)[C@H](C)[C@@H](O[C@@H]2O[C@@H](C)[C@H](O)[C@](C)(OC)O2)[C@H](C)[C@@H](O[C@@H]2O[C@H](C)C[C@H](N(C)c3c(N)c(=O)c3=O)[C@H]2O)[C@@](C)(OC)C[C@@H](C)C(=O)[C@H](C)[C@@H](O)[C@]1(C)O. The number of nitrogens with two attached hydrogens (primary N) is 1. The molecule has 1 aromatic carbocycles. The summed E-state index contributed by atoms with van der Waals surface area (Å²) in [6, 6.07) is -0.812. The molecule has 18 nitrogen and oxygen atoms in total. The number of cyclic esters (lactones) is 1. The molecule has 0 bridgehead atoms. The van der Waals surface area contributed by atoms with Crippen molar-refractivity contribution in [3.63, 3.8) is 0 Å². The van der Waals surface area contributed by atoms with E-state index in [1.807, 2.05) is 0 Å². The molecule has 0 aromatic heterocycles. The summed E-state index contributed by atoms with van der Waals surface area (Å²) in [6.45, 7) is 14.4. The number of nitrogens with zero attached hydrogens (tertiary/aromatic N) is 1. The Bertz CT molecular complexity index is 1670. The van der Waals surface area contributed by atoms with Crippen LogP contribution in [0.3, 0.4) is 0 Å². The quantitative estimate of drug-likeness (QED) is 0.170. The summed E-state index contributed by atoms with van der Waals surface area (Å²) < 4.78 is 49.1. The monoisotopic (exact) mass is 830 g/mol. The zero-order valence-corrected chi connectivity index (χ0v) is 36.0. The van der Waals surface area contributed by atoms with E-state index < -0.39 is 131 Å². The third-order valence-corrected chi connectivity index (χ3v) is 12.9. The number of nitrogen functional groups attached to an aromatic ring is 1. The third-order valence-electron chi connectivity index (χ3n) is 12.9. The lowest BCUT2D eigenvalue weighted by atomic mass is 9.74. The van der Waals surface area contributed by atoms with Crippen LogP contribution in [-0.2, 0) is 47.5 Å². The van der Waals surface area contributed by atoms with Gasteiger partial charge in [0, 0.05) is 39.0 Å². The van der Waals surface area contributed by atoms with Gasteiger partial charge in [0.1, 0.15) is 41.1 Å². The van der Waals surface area contributed by atoms with Crippen LogP contribution in [0.5, 0.6) is 0 Å². The number of carbonyl (C=O) groups is 2. The molecule has 1 aromatic rings. The van der Waals surface area contributed by atoms with Gasteiger partial charge in [-0.05, 0) is 60.8 Å². The molecule has 18 atom stereocenters. The number of hydrogen-bond donors (Lipinski definition) is 5. The van der Waals surface area contributed by atoms with Crippen LogP contribution in [0.25, 0.3) is 0 Å². The van der Waals surface area contributed by atoms with Gasteiger partial charge in [-0.1, -0.05) is 27.7 Å². The topological polar surface area (TPSA) is 252 Å². The van der Waals surface area contributed by atoms with Crippen LogP contribution < -0.4 is 21.5 Å². The Morgan fingerprint density at radius 3 is 2.05 bits per heavy atom. The molecule has 6 N–H and O–H groups in total. The van der Waals surface area contributed by atoms with E-state index in [0.29, 0.717) is 0 Å². The highest BCUT2D eigenvalue weighted by molar-refractivity contribution is 5.83. The second-order valence-electron chi connectivity index (χ2n) is 17.2. The number of carbonyl (C=O) groups excluding carboxylic acids is 2. The minimum Gasteiger partial charge on any atom is -0.459 e. The van der Waals surface area contributed by atoms with Crippen LogP contribution >= 0.6 is 0 Å². The van der Waals surface area contributed by atoms with Crippen molar-refractivity contribution in [3.8, 4) is 0 Å². The molecule has 3 saturated heterocycles. The molecule has 0 radical (unpaired) electrons. The summed E-state index contributed by atoms with van der Waals surface area (Å²) in [5.41, 5.74) is 0.578. The van der Waals surface area contributed by atoms with E-state index >= 15 is 0 Å². The number of ether oxygens (including phenoxy) is 8. The minimum atomic E-state index is -2.05. The molecule has 18 heteroatoms. The van der Waals surface area contributed by atoms with E-state index in [-0.39, 0.29) is 30.6 Å². The summed E-state index contributed by atoms with van der Waals surface area (Å²) in [5, 5.41) is 45.9. The van der Waals surface area contributed by atoms with Gasteiger partial charge in [-0.3, -0.25) is 23.9 Å². The van der Waals surface area contributed by atoms with E-state index in [4.69, 9.17) is 43.6 Å². The maximum atomic E-state index is 14.2. The van der Waals surface area contributed by atoms with Crippen LogP contribution in [0.4, 0.5) is 11.4 Å². The number of ketones is 1. The molecule has 0 unspecified atom stereocenters. The molecule has 3 aliphatic rings. The van der Waals surface area contributed by atoms with Gasteiger partial charge in [0.15, 0.2) is 12.1 Å². The van der Waals surface area contributed by atoms with Crippen LogP contribution in [0.2, 0.25) is 0 Å². The lowest BCUT2D eigenvalue weighted by Crippen LogP contribution is -2.62. The first-order valence-electron chi connectivity index (χ1n) is 20.0. The first-order chi connectivity index (χ1) is 26.8. The maximum absolute atomic E-state index is 14.2. The summed E-state index contributed by atoms with van der Waals surface area (Å²) in [7, 11) is 4.30. The number of aliphatic hydroxyl groups is 4. The summed E-state index contributed by atoms with van der Waals surface area (Å²) in [6.07, 6.45) is -10.6. The Morgan fingerprint density at radius 1 is 0.879 bits per heavy atom. The summed E-state index contributed by atoms with van der Waals surface area (Å²) >= 11 is 0. The van der Waals surface area contributed by atoms with Crippen molar-refractivity contribution in [3.05, 3.63) is 20.4 Å². The highest BCUT2D eigenvalue weighted by Gasteiger charge is 2.54. The maximum Gasteiger partial charge on any atom is 0.311 e. The Kier molecular flexibility index (Phi) is 15.0. The molecule has 332 valence electrons. The second-order valence-corrected chi connectivity index (χ2v) is 17.2. The van der Waals surface area contributed by atoms with Crippen LogP contribution in [0.1, 0.15) is 88.5 Å². The molecule has 3 aliphatic heterocycles. The highest BCUT2D eigenvalue weighted by Crippen LogP contribution is 2.41. The summed E-state index contributed by atoms with van der Waals surface area (Å²) in [4.78, 5) is 54.3. The molecule has 3 fully saturated rings. The number of aliphatic hydroxyl groups excluding tert-OH is 3. The Labute approximate surface area is 339 Å². The van der Waals surface area contributed by atoms with Crippen molar-refractivity contribution in [1.82, 2.24) is 0 Å². The van der Waals surface area contributed by atoms with E-state index in [1.165, 1.54) is 53.9 Å². The number of Topliss-reactive ketones (excluding diaryl/α,β-unsaturated/α-hetero) is 1. The van der Waals surface area contributed by atoms with Gasteiger partial charge < -0.3 is 64.2 Å². The van der Waals surface area contributed by atoms with Crippen LogP contribution in [0, 0.1) is 23.7 Å². The van der Waals surface area contributed by atoms with E-state index in [2.05, 4.69) is 0 Å². The number of methoxy groups -OCH3 is 2. The largest absolute Gasteiger partial charge is 0.459 e. The molecule has 58 heavy (non-hydrogen) atoms. The average molecular weight is 831 g/mol. The summed E-state index contributed by atoms with van der Waals surface area (Å²) in [5.74, 6) is -6.88. The molecule has 0 aliphatic carbocycles. The number of hydrogen-bond acceptors (Lipinski definition) is 18. The smallest absolute Gasteiger partial charge is 0.311 e. The van der Waals surface area contributed by atoms with Crippen molar-refractivity contribution < 1.29 is 67.9 Å². The van der Waals surface area contributed by atoms with Crippen LogP contribution in [-0.4, -0.2) is 138 Å². The minimum absolute atomic E-state index is 0.0254. The Balaban J connectivity index is 1.86. The van der Waals surface area contributed by atoms with Crippen molar-refractivity contribution in [2.45, 2.75) is 173 Å². The molecule has 4 rings (SSSR count). The fraction of sp³-hybridized carbons (Fsp3) is 0.850. The standard InChI is InChI=1S/C40H66N2O16/c1-14-24-39(9,50)32(47)19(4)27(43)17(2)16-38(8,51-12)34(57-36-28(44)23(15-18(3)53-36)42(11)26-25(41)29(45)30(26)46)20(5)31(21(6)35(49)55-24)56-37-54-22(7)33(48)40(10,52-13)58-37/h17-24,28,31-34,36-37,44,47-48,50H,14-16,41H2,1-13H3/t17-,18-,19+,20+,21-,22+,23+,24-,28-,31+,32-,33+,34-,36+,37+,38+,39-,40-/m1/s1. The fourth-order valence-corrected chi connectivity index (χ4v) is 8.92. The molecular formula is C40H66N2O16.